The highest BCUT2D eigenvalue weighted by Gasteiger charge is 2.19. The molecule has 3 aromatic rings. The van der Waals surface area contributed by atoms with E-state index in [0.29, 0.717) is 11.2 Å². The van der Waals surface area contributed by atoms with Gasteiger partial charge in [0.25, 0.3) is 0 Å². The molecule has 0 aliphatic carbocycles. The summed E-state index contributed by atoms with van der Waals surface area (Å²) in [6, 6.07) is 13.7. The average molecular weight is 311 g/mol. The van der Waals surface area contributed by atoms with Gasteiger partial charge in [0.2, 0.25) is 0 Å². The van der Waals surface area contributed by atoms with E-state index in [1.54, 1.807) is 36.4 Å². The predicted molar refractivity (Wildman–Crippen MR) is 85.7 cm³/mol. The Bertz CT molecular complexity index is 940. The van der Waals surface area contributed by atoms with Gasteiger partial charge >= 0.3 is 17.6 Å². The molecule has 0 aliphatic heterocycles. The van der Waals surface area contributed by atoms with Crippen LogP contribution in [0.1, 0.15) is 1.37 Å². The van der Waals surface area contributed by atoms with Crippen molar-refractivity contribution in [2.45, 2.75) is 0 Å². The monoisotopic (exact) mass is 311 g/mol. The molecule has 1 aromatic heterocycles. The Morgan fingerprint density at radius 1 is 1.26 bits per heavy atom. The number of anilines is 2. The number of aromatic nitrogens is 1. The molecule has 0 fully saturated rings. The van der Waals surface area contributed by atoms with Crippen LogP contribution in [0, 0.1) is 0 Å². The van der Waals surface area contributed by atoms with Crippen molar-refractivity contribution in [1.82, 2.24) is 4.98 Å². The first-order chi connectivity index (χ1) is 11.6. The lowest BCUT2D eigenvalue weighted by Crippen LogP contribution is -2.27. The molecule has 0 aliphatic rings. The molecule has 0 atom stereocenters. The lowest BCUT2D eigenvalue weighted by Gasteiger charge is -2.20. The maximum absolute atomic E-state index is 12.2. The van der Waals surface area contributed by atoms with Crippen molar-refractivity contribution in [2.75, 3.05) is 18.6 Å². The Morgan fingerprint density at radius 2 is 2.00 bits per heavy atom. The minimum absolute atomic E-state index is 0.0327. The van der Waals surface area contributed by atoms with Crippen molar-refractivity contribution in [3.63, 3.8) is 0 Å². The summed E-state index contributed by atoms with van der Waals surface area (Å²) < 4.78 is 17.8. The number of carbonyl (C=O) groups excluding carboxylic acids is 1. The van der Waals surface area contributed by atoms with E-state index in [2.05, 4.69) is 4.98 Å². The van der Waals surface area contributed by atoms with Gasteiger partial charge in [-0.1, -0.05) is 30.3 Å². The number of fused-ring (bicyclic) bond motifs is 1. The number of benzene rings is 2. The van der Waals surface area contributed by atoms with Crippen LogP contribution in [0.5, 0.6) is 0 Å². The van der Waals surface area contributed by atoms with E-state index in [0.717, 1.165) is 0 Å². The molecule has 0 N–H and O–H groups in total. The van der Waals surface area contributed by atoms with Crippen molar-refractivity contribution >= 4 is 28.6 Å². The number of nitrogens with zero attached hydrogens (tertiary/aromatic N) is 2. The summed E-state index contributed by atoms with van der Waals surface area (Å²) >= 11 is 0. The van der Waals surface area contributed by atoms with Crippen molar-refractivity contribution < 1.29 is 15.3 Å². The number of hydrogen-bond acceptors (Lipinski definition) is 6. The molecule has 23 heavy (non-hydrogen) atoms. The van der Waals surface area contributed by atoms with Gasteiger partial charge in [-0.3, -0.25) is 9.69 Å². The smallest absolute Gasteiger partial charge is 0.348 e. The van der Waals surface area contributed by atoms with Crippen molar-refractivity contribution in [3.8, 4) is 0 Å². The van der Waals surface area contributed by atoms with Crippen LogP contribution < -0.4 is 10.5 Å². The SMILES string of the molecule is [2H]c1cccc2nc(N(CC(=O)OC)c3ccccc3)oc(=O)c12. The molecule has 1 heterocycles. The molecule has 3 rings (SSSR count). The van der Waals surface area contributed by atoms with Crippen LogP contribution in [-0.2, 0) is 9.53 Å². The zero-order valence-electron chi connectivity index (χ0n) is 13.4. The molecule has 116 valence electrons. The first-order valence-electron chi connectivity index (χ1n) is 7.40. The zero-order chi connectivity index (χ0) is 17.1. The summed E-state index contributed by atoms with van der Waals surface area (Å²) in [4.78, 5) is 29.7. The van der Waals surface area contributed by atoms with E-state index in [1.807, 2.05) is 6.07 Å². The third-order valence-corrected chi connectivity index (χ3v) is 3.25. The Balaban J connectivity index is 2.16. The van der Waals surface area contributed by atoms with E-state index in [9.17, 15) is 9.59 Å². The zero-order valence-corrected chi connectivity index (χ0v) is 12.4. The molecule has 0 saturated heterocycles. The number of esters is 1. The molecule has 0 amide bonds. The van der Waals surface area contributed by atoms with Gasteiger partial charge < -0.3 is 9.15 Å². The van der Waals surface area contributed by atoms with Crippen LogP contribution in [0.15, 0.2) is 63.8 Å². The van der Waals surface area contributed by atoms with E-state index in [4.69, 9.17) is 10.5 Å². The molecule has 0 bridgehead atoms. The molecule has 2 aromatic carbocycles. The normalized spacial score (nSPS) is 11.1. The molecule has 6 heteroatoms. The van der Waals surface area contributed by atoms with Gasteiger partial charge in [0.15, 0.2) is 0 Å². The molecule has 0 saturated carbocycles. The molecule has 0 unspecified atom stereocenters. The lowest BCUT2D eigenvalue weighted by atomic mass is 10.2. The summed E-state index contributed by atoms with van der Waals surface area (Å²) in [7, 11) is 1.28. The fourth-order valence-electron chi connectivity index (χ4n) is 2.13. The van der Waals surface area contributed by atoms with Gasteiger partial charge in [0.05, 0.1) is 19.4 Å². The Hall–Kier alpha value is -3.15. The quantitative estimate of drug-likeness (QED) is 0.689. The van der Waals surface area contributed by atoms with Crippen LogP contribution in [0.2, 0.25) is 0 Å². The van der Waals surface area contributed by atoms with Crippen molar-refractivity contribution in [3.05, 3.63) is 65.0 Å². The molecule has 0 radical (unpaired) electrons. The largest absolute Gasteiger partial charge is 0.468 e. The van der Waals surface area contributed by atoms with Gasteiger partial charge in [-0.05, 0) is 24.2 Å². The van der Waals surface area contributed by atoms with Crippen LogP contribution in [0.25, 0.3) is 10.9 Å². The lowest BCUT2D eigenvalue weighted by molar-refractivity contribution is -0.138. The molecular weight excluding hydrogens is 296 g/mol. The van der Waals surface area contributed by atoms with Gasteiger partial charge in [-0.15, -0.1) is 0 Å². The number of carbonyl (C=O) groups is 1. The standard InChI is InChI=1S/C17H14N2O4/c1-22-15(20)11-19(12-7-3-2-4-8-12)17-18-14-10-6-5-9-13(14)16(21)23-17/h2-10H,11H2,1H3/i9D. The fraction of sp³-hybridized carbons (Fsp3) is 0.118. The number of ether oxygens (including phenoxy) is 1. The van der Waals surface area contributed by atoms with Gasteiger partial charge in [-0.25, -0.2) is 4.79 Å². The molecule has 0 spiro atoms. The third kappa shape index (κ3) is 3.06. The maximum Gasteiger partial charge on any atom is 0.348 e. The average Bonchev–Trinajstić information content (AvgIpc) is 2.59. The summed E-state index contributed by atoms with van der Waals surface area (Å²) in [6.07, 6.45) is 0. The Kier molecular flexibility index (Phi) is 3.71. The highest BCUT2D eigenvalue weighted by molar-refractivity contribution is 5.81. The summed E-state index contributed by atoms with van der Waals surface area (Å²) in [5.41, 5.74) is 0.283. The number of hydrogen-bond donors (Lipinski definition) is 0. The van der Waals surface area contributed by atoms with Gasteiger partial charge in [0.1, 0.15) is 6.54 Å². The molecular formula is C17H14N2O4. The van der Waals surface area contributed by atoms with Crippen LogP contribution in [0.3, 0.4) is 0 Å². The maximum atomic E-state index is 12.2. The van der Waals surface area contributed by atoms with Crippen LogP contribution in [-0.4, -0.2) is 24.6 Å². The number of methoxy groups -OCH3 is 1. The van der Waals surface area contributed by atoms with E-state index < -0.39 is 11.6 Å². The Morgan fingerprint density at radius 3 is 2.74 bits per heavy atom. The first-order valence-corrected chi connectivity index (χ1v) is 6.90. The first kappa shape index (κ1) is 13.5. The summed E-state index contributed by atoms with van der Waals surface area (Å²) in [6.45, 7) is -0.164. The summed E-state index contributed by atoms with van der Waals surface area (Å²) in [5, 5.41) is 0.104. The number of para-hydroxylation sites is 2. The third-order valence-electron chi connectivity index (χ3n) is 3.25. The predicted octanol–water partition coefficient (Wildman–Crippen LogP) is 2.50. The topological polar surface area (TPSA) is 72.6 Å². The second-order valence-corrected chi connectivity index (χ2v) is 4.71. The van der Waals surface area contributed by atoms with E-state index in [-0.39, 0.29) is 24.0 Å². The van der Waals surface area contributed by atoms with E-state index in [1.165, 1.54) is 18.1 Å². The minimum atomic E-state index is -0.675. The Labute approximate surface area is 133 Å². The van der Waals surface area contributed by atoms with Gasteiger partial charge in [0, 0.05) is 5.69 Å². The number of rotatable bonds is 4. The second-order valence-electron chi connectivity index (χ2n) is 4.71. The van der Waals surface area contributed by atoms with Crippen molar-refractivity contribution in [2.24, 2.45) is 0 Å². The second kappa shape index (κ2) is 6.31. The summed E-state index contributed by atoms with van der Waals surface area (Å²) in [5.74, 6) is -0.502. The van der Waals surface area contributed by atoms with Crippen LogP contribution in [0.4, 0.5) is 11.7 Å². The van der Waals surface area contributed by atoms with Crippen molar-refractivity contribution in [1.29, 1.82) is 0 Å². The minimum Gasteiger partial charge on any atom is -0.468 e. The van der Waals surface area contributed by atoms with E-state index >= 15 is 0 Å². The highest BCUT2D eigenvalue weighted by atomic mass is 16.5. The van der Waals surface area contributed by atoms with Gasteiger partial charge in [-0.2, -0.15) is 4.98 Å². The highest BCUT2D eigenvalue weighted by Crippen LogP contribution is 2.23. The van der Waals surface area contributed by atoms with Crippen LogP contribution >= 0.6 is 0 Å². The molecule has 6 nitrogen and oxygen atoms in total. The fourth-order valence-corrected chi connectivity index (χ4v) is 2.13.